The fourth-order valence-electron chi connectivity index (χ4n) is 0.680. The van der Waals surface area contributed by atoms with E-state index in [0.717, 1.165) is 12.8 Å². The van der Waals surface area contributed by atoms with E-state index in [0.29, 0.717) is 0 Å². The Bertz CT molecular complexity index is 198. The van der Waals surface area contributed by atoms with E-state index in [1.165, 1.54) is 24.2 Å². The fraction of sp³-hybridized carbons (Fsp3) is 0.250. The van der Waals surface area contributed by atoms with Crippen molar-refractivity contribution < 1.29 is 29.7 Å². The van der Waals surface area contributed by atoms with Crippen LogP contribution in [0.2, 0.25) is 0 Å². The maximum atomic E-state index is 3.25. The summed E-state index contributed by atoms with van der Waals surface area (Å²) in [6, 6.07) is 0. The average Bonchev–Trinajstić information content (AvgIpc) is 3.01. The van der Waals surface area contributed by atoms with Crippen molar-refractivity contribution in [3.05, 3.63) is 70.4 Å². The number of allylic oxidation sites excluding steroid dienone is 8. The molecule has 0 bridgehead atoms. The molecule has 0 fully saturated rings. The molecule has 0 spiro atoms. The van der Waals surface area contributed by atoms with Crippen molar-refractivity contribution >= 4 is 39.5 Å². The quantitative estimate of drug-likeness (QED) is 0.416. The van der Waals surface area contributed by atoms with E-state index >= 15 is 0 Å². The van der Waals surface area contributed by atoms with E-state index in [1.54, 1.807) is 6.92 Å². The molecule has 129 valence electrons. The molecule has 0 aromatic carbocycles. The Hall–Kier alpha value is 0.470. The molecule has 2 aliphatic rings. The average molecular weight is 431 g/mol. The SMILES string of the molecule is C[CH]=[Zr].Cl.Cl.O.[C-]1=CC=CC1.[C-]1=CC=CC1.[CH2-]C.[CH3-].[CH3-].[SiH3]. The van der Waals surface area contributed by atoms with Crippen molar-refractivity contribution in [2.75, 3.05) is 0 Å². The van der Waals surface area contributed by atoms with Crippen molar-refractivity contribution in [3.8, 4) is 0 Å². The van der Waals surface area contributed by atoms with Gasteiger partial charge in [-0.15, -0.1) is 37.7 Å². The van der Waals surface area contributed by atoms with Gasteiger partial charge in [0.1, 0.15) is 0 Å². The molecule has 0 aliphatic heterocycles. The Morgan fingerprint density at radius 3 is 1.24 bits per heavy atom. The molecule has 2 N–H and O–H groups in total. The van der Waals surface area contributed by atoms with E-state index < -0.39 is 0 Å². The van der Waals surface area contributed by atoms with Crippen LogP contribution in [0, 0.1) is 33.9 Å². The van der Waals surface area contributed by atoms with Crippen molar-refractivity contribution in [1.29, 1.82) is 0 Å². The third kappa shape index (κ3) is 63.7. The summed E-state index contributed by atoms with van der Waals surface area (Å²) in [4.78, 5) is 0. The summed E-state index contributed by atoms with van der Waals surface area (Å²) in [6.45, 7) is 7.04. The van der Waals surface area contributed by atoms with Gasteiger partial charge in [-0.05, 0) is 11.0 Å². The van der Waals surface area contributed by atoms with Crippen molar-refractivity contribution in [3.63, 3.8) is 0 Å². The van der Waals surface area contributed by atoms with Crippen LogP contribution in [0.3, 0.4) is 0 Å². The molecule has 2 rings (SSSR count). The zero-order valence-corrected chi connectivity index (χ0v) is 20.1. The Morgan fingerprint density at radius 1 is 0.952 bits per heavy atom. The molecule has 21 heavy (non-hydrogen) atoms. The van der Waals surface area contributed by atoms with E-state index in [-0.39, 0.29) is 56.1 Å². The van der Waals surface area contributed by atoms with Gasteiger partial charge in [0.05, 0.1) is 0 Å². The summed E-state index contributed by atoms with van der Waals surface area (Å²) in [6.07, 6.45) is 20.0. The van der Waals surface area contributed by atoms with Gasteiger partial charge >= 0.3 is 34.9 Å². The largest absolute Gasteiger partial charge is 0.412 e. The summed E-state index contributed by atoms with van der Waals surface area (Å²) in [7, 11) is 0. The van der Waals surface area contributed by atoms with E-state index in [1.807, 2.05) is 31.2 Å². The van der Waals surface area contributed by atoms with Gasteiger partial charge < -0.3 is 27.3 Å². The first-order valence-electron chi connectivity index (χ1n) is 5.01. The Morgan fingerprint density at radius 2 is 1.19 bits per heavy atom. The molecule has 0 saturated heterocycles. The molecule has 1 nitrogen and oxygen atoms in total. The molecule has 0 aromatic heterocycles. The van der Waals surface area contributed by atoms with Crippen molar-refractivity contribution in [2.45, 2.75) is 26.7 Å². The minimum absolute atomic E-state index is 0. The third-order valence-corrected chi connectivity index (χ3v) is 1.17. The molecule has 0 aromatic rings. The molecule has 0 atom stereocenters. The van der Waals surface area contributed by atoms with Crippen LogP contribution in [0.5, 0.6) is 0 Å². The normalized spacial score (nSPS) is 9.24. The standard InChI is InChI=1S/2C5H5.C2H5.C2H4.2CH3.2ClH.H2O.H3Si.Zr/c2*1-2-4-5-3-1;2*1-2;;;;;;;/h2*1-3H,4H2;1H2,2H3;1H,2H3;2*1H3;2*1H;1H2;1H3;/q3*-1;;2*-1;;;;;. The molecule has 1 radical (unpaired) electrons. The van der Waals surface area contributed by atoms with Crippen LogP contribution < -0.4 is 0 Å². The van der Waals surface area contributed by atoms with Gasteiger partial charge in [-0.25, -0.2) is 24.3 Å². The molecule has 0 heterocycles. The number of rotatable bonds is 0. The van der Waals surface area contributed by atoms with Crippen LogP contribution in [0.25, 0.3) is 0 Å². The fourth-order valence-corrected chi connectivity index (χ4v) is 0.680. The van der Waals surface area contributed by atoms with Gasteiger partial charge in [-0.2, -0.15) is 19.1 Å². The van der Waals surface area contributed by atoms with Crippen LogP contribution in [-0.4, -0.2) is 20.2 Å². The second-order valence-electron chi connectivity index (χ2n) is 2.29. The zero-order valence-electron chi connectivity index (χ0n) is 14.0. The molecular weight excluding hydrogens is 398 g/mol. The van der Waals surface area contributed by atoms with Gasteiger partial charge in [0, 0.05) is 0 Å². The summed E-state index contributed by atoms with van der Waals surface area (Å²) in [5.41, 5.74) is 0. The van der Waals surface area contributed by atoms with Gasteiger partial charge in [-0.3, -0.25) is 12.2 Å². The second-order valence-corrected chi connectivity index (χ2v) is 3.71. The maximum Gasteiger partial charge on any atom is -0.0125 e. The summed E-state index contributed by atoms with van der Waals surface area (Å²) in [5, 5.41) is 0. The number of halogens is 2. The van der Waals surface area contributed by atoms with Crippen LogP contribution >= 0.6 is 24.8 Å². The molecule has 5 heteroatoms. The maximum absolute atomic E-state index is 3.25. The monoisotopic (exact) mass is 428 g/mol. The zero-order chi connectivity index (χ0) is 11.8. The third-order valence-electron chi connectivity index (χ3n) is 1.17. The van der Waals surface area contributed by atoms with Crippen LogP contribution in [0.4, 0.5) is 0 Å². The van der Waals surface area contributed by atoms with Crippen molar-refractivity contribution in [2.24, 2.45) is 0 Å². The van der Waals surface area contributed by atoms with Crippen molar-refractivity contribution in [1.82, 2.24) is 0 Å². The van der Waals surface area contributed by atoms with Gasteiger partial charge in [0.2, 0.25) is 0 Å². The predicted octanol–water partition coefficient (Wildman–Crippen LogP) is 3.54. The second kappa shape index (κ2) is 59.0. The van der Waals surface area contributed by atoms with Gasteiger partial charge in [0.15, 0.2) is 0 Å². The van der Waals surface area contributed by atoms with Crippen LogP contribution in [0.1, 0.15) is 26.7 Å². The first kappa shape index (κ1) is 49.6. The van der Waals surface area contributed by atoms with E-state index in [9.17, 15) is 0 Å². The minimum Gasteiger partial charge on any atom is -0.412 e. The van der Waals surface area contributed by atoms with E-state index in [2.05, 4.69) is 34.9 Å². The predicted molar refractivity (Wildman–Crippen MR) is 107 cm³/mol. The Kier molecular flexibility index (Phi) is 139. The van der Waals surface area contributed by atoms with Crippen LogP contribution in [0.15, 0.2) is 36.5 Å². The number of hydrogen-bond acceptors (Lipinski definition) is 0. The van der Waals surface area contributed by atoms with Crippen LogP contribution in [-0.2, 0) is 24.2 Å². The summed E-state index contributed by atoms with van der Waals surface area (Å²) < 4.78 is 2.09. The topological polar surface area (TPSA) is 31.5 Å². The molecule has 2 aliphatic carbocycles. The summed E-state index contributed by atoms with van der Waals surface area (Å²) >= 11 is 1.51. The molecule has 0 unspecified atom stereocenters. The van der Waals surface area contributed by atoms with Gasteiger partial charge in [0.25, 0.3) is 0 Å². The first-order valence-corrected chi connectivity index (χ1v) is 6.43. The van der Waals surface area contributed by atoms with E-state index in [4.69, 9.17) is 0 Å². The van der Waals surface area contributed by atoms with Gasteiger partial charge in [-0.1, -0.05) is 0 Å². The number of hydrogen-bond donors (Lipinski definition) is 0. The first-order chi connectivity index (χ1) is 7.41. The minimum atomic E-state index is 0. The molecule has 0 amide bonds. The Labute approximate surface area is 165 Å². The molecule has 0 saturated carbocycles. The molecular formula is C16H32Cl2OSiZr-5. The summed E-state index contributed by atoms with van der Waals surface area (Å²) in [5.74, 6) is 0. The smallest absolute Gasteiger partial charge is 0.0125 e. The Balaban J connectivity index is -0.0000000171.